The zero-order valence-electron chi connectivity index (χ0n) is 18.0. The van der Waals surface area contributed by atoms with Gasteiger partial charge in [-0.25, -0.2) is 0 Å². The second-order valence-corrected chi connectivity index (χ2v) is 8.49. The summed E-state index contributed by atoms with van der Waals surface area (Å²) in [5, 5.41) is 2.19. The number of halogens is 3. The van der Waals surface area contributed by atoms with Crippen molar-refractivity contribution in [1.29, 1.82) is 0 Å². The van der Waals surface area contributed by atoms with E-state index in [-0.39, 0.29) is 0 Å². The third kappa shape index (κ3) is 4.29. The first-order chi connectivity index (χ1) is 15.3. The van der Waals surface area contributed by atoms with Crippen LogP contribution in [0.1, 0.15) is 41.5 Å². The van der Waals surface area contributed by atoms with E-state index < -0.39 is 24.0 Å². The minimum Gasteiger partial charge on any atom is -0.346 e. The highest BCUT2D eigenvalue weighted by Gasteiger charge is 2.49. The average molecular weight is 438 g/mol. The van der Waals surface area contributed by atoms with E-state index >= 15 is 0 Å². The number of hydrogen-bond acceptors (Lipinski definition) is 1. The van der Waals surface area contributed by atoms with Gasteiger partial charge in [0.25, 0.3) is 0 Å². The molecule has 1 aliphatic carbocycles. The lowest BCUT2D eigenvalue weighted by Gasteiger charge is -2.31. The number of hydrogen-bond donors (Lipinski definition) is 1. The minimum absolute atomic E-state index is 0.455. The Balaban J connectivity index is 1.63. The molecule has 1 aliphatic rings. The molecule has 0 fully saturated rings. The predicted octanol–water partition coefficient (Wildman–Crippen LogP) is 6.35. The third-order valence-corrected chi connectivity index (χ3v) is 6.29. The molecular formula is C27H26F3NO. The van der Waals surface area contributed by atoms with E-state index in [1.165, 1.54) is 11.1 Å². The topological polar surface area (TPSA) is 29.1 Å². The Bertz CT molecular complexity index is 1060. The van der Waals surface area contributed by atoms with Gasteiger partial charge in [0.1, 0.15) is 12.0 Å². The summed E-state index contributed by atoms with van der Waals surface area (Å²) < 4.78 is 38.8. The maximum absolute atomic E-state index is 13.4. The highest BCUT2D eigenvalue weighted by atomic mass is 19.4. The van der Waals surface area contributed by atoms with Crippen molar-refractivity contribution in [2.24, 2.45) is 0 Å². The molecule has 2 nitrogen and oxygen atoms in total. The van der Waals surface area contributed by atoms with Gasteiger partial charge >= 0.3 is 6.18 Å². The summed E-state index contributed by atoms with van der Waals surface area (Å²) in [5.74, 6) is -0.581. The van der Waals surface area contributed by atoms with Crippen molar-refractivity contribution in [3.05, 3.63) is 95.1 Å². The Morgan fingerprint density at radius 2 is 1.41 bits per heavy atom. The van der Waals surface area contributed by atoms with E-state index in [2.05, 4.69) is 29.6 Å². The third-order valence-electron chi connectivity index (χ3n) is 6.29. The number of fused-ring (bicyclic) bond motifs is 3. The van der Waals surface area contributed by atoms with Crippen LogP contribution >= 0.6 is 0 Å². The number of aryl methyl sites for hydroxylation is 2. The van der Waals surface area contributed by atoms with Gasteiger partial charge in [0.2, 0.25) is 5.91 Å². The number of rotatable bonds is 7. The molecule has 5 heteroatoms. The van der Waals surface area contributed by atoms with Crippen LogP contribution in [0.5, 0.6) is 0 Å². The number of unbranched alkanes of at least 4 members (excludes halogenated alkanes) is 1. The van der Waals surface area contributed by atoms with Crippen LogP contribution in [0.15, 0.2) is 72.8 Å². The van der Waals surface area contributed by atoms with Gasteiger partial charge in [-0.3, -0.25) is 4.79 Å². The van der Waals surface area contributed by atoms with Gasteiger partial charge in [-0.15, -0.1) is 0 Å². The largest absolute Gasteiger partial charge is 0.405 e. The van der Waals surface area contributed by atoms with Crippen LogP contribution in [0.3, 0.4) is 0 Å². The van der Waals surface area contributed by atoms with Crippen LogP contribution in [0, 0.1) is 6.92 Å². The van der Waals surface area contributed by atoms with E-state index in [1.807, 2.05) is 55.5 Å². The number of benzene rings is 3. The predicted molar refractivity (Wildman–Crippen MR) is 120 cm³/mol. The van der Waals surface area contributed by atoms with E-state index in [0.29, 0.717) is 6.42 Å². The molecule has 3 aromatic rings. The van der Waals surface area contributed by atoms with Crippen molar-refractivity contribution < 1.29 is 18.0 Å². The maximum Gasteiger partial charge on any atom is 0.405 e. The molecule has 1 N–H and O–H groups in total. The molecule has 3 aromatic carbocycles. The molecule has 1 amide bonds. The normalized spacial score (nSPS) is 14.0. The number of carbonyl (C=O) groups is 1. The van der Waals surface area contributed by atoms with Gasteiger partial charge < -0.3 is 5.32 Å². The molecule has 166 valence electrons. The first kappa shape index (κ1) is 22.1. The fourth-order valence-corrected chi connectivity index (χ4v) is 4.76. The van der Waals surface area contributed by atoms with Crippen LogP contribution in [-0.4, -0.2) is 18.6 Å². The lowest BCUT2D eigenvalue weighted by molar-refractivity contribution is -0.141. The highest BCUT2D eigenvalue weighted by molar-refractivity contribution is 6.00. The Morgan fingerprint density at radius 3 is 1.97 bits per heavy atom. The zero-order valence-corrected chi connectivity index (χ0v) is 18.0. The van der Waals surface area contributed by atoms with Crippen LogP contribution in [0.25, 0.3) is 11.1 Å². The molecule has 0 bridgehead atoms. The number of amides is 1. The molecule has 0 radical (unpaired) electrons. The van der Waals surface area contributed by atoms with Crippen molar-refractivity contribution >= 4 is 5.91 Å². The molecule has 0 saturated heterocycles. The lowest BCUT2D eigenvalue weighted by Crippen LogP contribution is -2.47. The summed E-state index contributed by atoms with van der Waals surface area (Å²) in [7, 11) is 0. The van der Waals surface area contributed by atoms with Crippen molar-refractivity contribution in [1.82, 2.24) is 5.32 Å². The summed E-state index contributed by atoms with van der Waals surface area (Å²) in [4.78, 5) is 13.4. The van der Waals surface area contributed by atoms with Gasteiger partial charge in [0.15, 0.2) is 0 Å². The first-order valence-electron chi connectivity index (χ1n) is 10.9. The molecule has 0 atom stereocenters. The van der Waals surface area contributed by atoms with Gasteiger partial charge in [-0.1, -0.05) is 84.8 Å². The Labute approximate surface area is 186 Å². The van der Waals surface area contributed by atoms with Crippen molar-refractivity contribution in [3.63, 3.8) is 0 Å². The number of nitrogens with one attached hydrogen (secondary N) is 1. The van der Waals surface area contributed by atoms with Gasteiger partial charge in [0, 0.05) is 0 Å². The molecule has 32 heavy (non-hydrogen) atoms. The standard InChI is InChI=1S/C27H26F3NO/c1-19-13-15-20(16-14-19)8-6-7-17-26(25(32)31-18-27(28,29)30)23-11-4-2-9-21(23)22-10-3-5-12-24(22)26/h2-5,9-16H,6-8,17-18H2,1H3,(H,31,32). The molecule has 0 spiro atoms. The average Bonchev–Trinajstić information content (AvgIpc) is 3.07. The summed E-state index contributed by atoms with van der Waals surface area (Å²) >= 11 is 0. The van der Waals surface area contributed by atoms with Crippen molar-refractivity contribution in [2.75, 3.05) is 6.54 Å². The highest BCUT2D eigenvalue weighted by Crippen LogP contribution is 2.51. The second kappa shape index (κ2) is 8.81. The van der Waals surface area contributed by atoms with Crippen molar-refractivity contribution in [2.45, 2.75) is 44.2 Å². The van der Waals surface area contributed by atoms with Crippen LogP contribution in [0.2, 0.25) is 0 Å². The second-order valence-electron chi connectivity index (χ2n) is 8.49. The smallest absolute Gasteiger partial charge is 0.346 e. The molecular weight excluding hydrogens is 411 g/mol. The zero-order chi connectivity index (χ0) is 22.8. The fraction of sp³-hybridized carbons (Fsp3) is 0.296. The van der Waals surface area contributed by atoms with E-state index in [9.17, 15) is 18.0 Å². The lowest BCUT2D eigenvalue weighted by atomic mass is 9.73. The minimum atomic E-state index is -4.46. The summed E-state index contributed by atoms with van der Waals surface area (Å²) in [6.07, 6.45) is -1.57. The number of alkyl halides is 3. The maximum atomic E-state index is 13.4. The first-order valence-corrected chi connectivity index (χ1v) is 10.9. The Hall–Kier alpha value is -3.08. The van der Waals surface area contributed by atoms with Crippen LogP contribution in [-0.2, 0) is 16.6 Å². The fourth-order valence-electron chi connectivity index (χ4n) is 4.76. The molecule has 0 unspecified atom stereocenters. The summed E-state index contributed by atoms with van der Waals surface area (Å²) in [6.45, 7) is 0.712. The monoisotopic (exact) mass is 437 g/mol. The van der Waals surface area contributed by atoms with Gasteiger partial charge in [0.05, 0.1) is 0 Å². The van der Waals surface area contributed by atoms with E-state index in [1.54, 1.807) is 0 Å². The Morgan fingerprint density at radius 1 is 0.844 bits per heavy atom. The van der Waals surface area contributed by atoms with Crippen LogP contribution in [0.4, 0.5) is 13.2 Å². The van der Waals surface area contributed by atoms with Crippen molar-refractivity contribution in [3.8, 4) is 11.1 Å². The Kier molecular flexibility index (Phi) is 6.09. The molecule has 0 aromatic heterocycles. The quantitative estimate of drug-likeness (QED) is 0.429. The SMILES string of the molecule is Cc1ccc(CCCCC2(C(=O)NCC(F)(F)F)c3ccccc3-c3ccccc32)cc1. The number of carbonyl (C=O) groups excluding carboxylic acids is 1. The summed E-state index contributed by atoms with van der Waals surface area (Å²) in [6, 6.07) is 23.5. The van der Waals surface area contributed by atoms with Crippen LogP contribution < -0.4 is 5.32 Å². The molecule has 0 saturated carbocycles. The summed E-state index contributed by atoms with van der Waals surface area (Å²) in [5.41, 5.74) is 4.72. The molecule has 4 rings (SSSR count). The van der Waals surface area contributed by atoms with E-state index in [0.717, 1.165) is 41.5 Å². The molecule has 0 heterocycles. The van der Waals surface area contributed by atoms with E-state index in [4.69, 9.17) is 0 Å². The van der Waals surface area contributed by atoms with Gasteiger partial charge in [-0.2, -0.15) is 13.2 Å². The van der Waals surface area contributed by atoms with Gasteiger partial charge in [-0.05, 0) is 54.0 Å². The molecule has 0 aliphatic heterocycles.